The first-order chi connectivity index (χ1) is 12.9. The number of aromatic nitrogens is 1. The van der Waals surface area contributed by atoms with Crippen LogP contribution in [0, 0.1) is 5.92 Å². The SMILES string of the molecule is COc1ccc2c(Nc3c(Cl)cncc3Cl)cc(=O)oc2c1OCC(C)C. The van der Waals surface area contributed by atoms with E-state index in [1.807, 2.05) is 13.8 Å². The number of pyridine rings is 1. The Hall–Kier alpha value is -2.44. The number of ether oxygens (including phenoxy) is 2. The lowest BCUT2D eigenvalue weighted by molar-refractivity contribution is 0.256. The van der Waals surface area contributed by atoms with Gasteiger partial charge in [-0.3, -0.25) is 4.98 Å². The molecule has 0 aliphatic rings. The van der Waals surface area contributed by atoms with Crippen LogP contribution in [-0.4, -0.2) is 18.7 Å². The van der Waals surface area contributed by atoms with E-state index < -0.39 is 5.63 Å². The van der Waals surface area contributed by atoms with E-state index in [1.54, 1.807) is 12.1 Å². The van der Waals surface area contributed by atoms with Gasteiger partial charge < -0.3 is 19.2 Å². The molecule has 0 spiro atoms. The van der Waals surface area contributed by atoms with Gasteiger partial charge in [0, 0.05) is 23.8 Å². The second kappa shape index (κ2) is 8.06. The topological polar surface area (TPSA) is 73.6 Å². The Morgan fingerprint density at radius 3 is 2.56 bits per heavy atom. The molecular formula is C19H18Cl2N2O4. The molecule has 0 radical (unpaired) electrons. The third-order valence-corrected chi connectivity index (χ3v) is 4.30. The molecule has 0 aliphatic heterocycles. The number of rotatable bonds is 6. The number of hydrogen-bond acceptors (Lipinski definition) is 6. The number of nitrogens with one attached hydrogen (secondary N) is 1. The Bertz CT molecular complexity index is 1010. The number of methoxy groups -OCH3 is 1. The Morgan fingerprint density at radius 2 is 1.93 bits per heavy atom. The summed E-state index contributed by atoms with van der Waals surface area (Å²) in [5.41, 5.74) is 0.661. The van der Waals surface area contributed by atoms with Crippen molar-refractivity contribution >= 4 is 45.5 Å². The Balaban J connectivity index is 2.17. The highest BCUT2D eigenvalue weighted by Crippen LogP contribution is 2.40. The summed E-state index contributed by atoms with van der Waals surface area (Å²) in [6, 6.07) is 4.84. The predicted octanol–water partition coefficient (Wildman–Crippen LogP) is 5.28. The number of anilines is 2. The van der Waals surface area contributed by atoms with Gasteiger partial charge in [0.25, 0.3) is 0 Å². The Morgan fingerprint density at radius 1 is 1.22 bits per heavy atom. The first-order valence-electron chi connectivity index (χ1n) is 8.24. The third kappa shape index (κ3) is 4.12. The number of hydrogen-bond donors (Lipinski definition) is 1. The van der Waals surface area contributed by atoms with Crippen LogP contribution < -0.4 is 20.4 Å². The largest absolute Gasteiger partial charge is 0.493 e. The molecule has 0 atom stereocenters. The second-order valence-electron chi connectivity index (χ2n) is 6.26. The van der Waals surface area contributed by atoms with Gasteiger partial charge >= 0.3 is 5.63 Å². The summed E-state index contributed by atoms with van der Waals surface area (Å²) in [5.74, 6) is 1.13. The van der Waals surface area contributed by atoms with Gasteiger partial charge in [-0.2, -0.15) is 0 Å². The van der Waals surface area contributed by atoms with Gasteiger partial charge in [0.1, 0.15) is 0 Å². The zero-order chi connectivity index (χ0) is 19.6. The molecule has 1 aromatic carbocycles. The summed E-state index contributed by atoms with van der Waals surface area (Å²) < 4.78 is 16.7. The van der Waals surface area contributed by atoms with Crippen molar-refractivity contribution in [2.75, 3.05) is 19.0 Å². The lowest BCUT2D eigenvalue weighted by atomic mass is 10.1. The van der Waals surface area contributed by atoms with Crippen molar-refractivity contribution in [2.45, 2.75) is 13.8 Å². The fourth-order valence-corrected chi connectivity index (χ4v) is 2.96. The van der Waals surface area contributed by atoms with Gasteiger partial charge in [-0.05, 0) is 18.1 Å². The van der Waals surface area contributed by atoms with Crippen molar-refractivity contribution in [3.8, 4) is 11.5 Å². The maximum Gasteiger partial charge on any atom is 0.338 e. The van der Waals surface area contributed by atoms with Crippen molar-refractivity contribution in [3.63, 3.8) is 0 Å². The predicted molar refractivity (Wildman–Crippen MR) is 107 cm³/mol. The van der Waals surface area contributed by atoms with E-state index in [-0.39, 0.29) is 11.5 Å². The minimum atomic E-state index is -0.547. The van der Waals surface area contributed by atoms with Crippen LogP contribution in [0.3, 0.4) is 0 Å². The molecule has 2 heterocycles. The minimum absolute atomic E-state index is 0.284. The molecule has 3 aromatic rings. The molecule has 142 valence electrons. The summed E-state index contributed by atoms with van der Waals surface area (Å²) in [6.45, 7) is 4.49. The van der Waals surface area contributed by atoms with E-state index in [4.69, 9.17) is 37.1 Å². The van der Waals surface area contributed by atoms with Crippen molar-refractivity contribution in [2.24, 2.45) is 5.92 Å². The number of fused-ring (bicyclic) bond motifs is 1. The molecule has 6 nitrogen and oxygen atoms in total. The molecule has 27 heavy (non-hydrogen) atoms. The molecule has 0 saturated carbocycles. The van der Waals surface area contributed by atoms with Gasteiger partial charge in [-0.1, -0.05) is 37.0 Å². The molecule has 0 fully saturated rings. The highest BCUT2D eigenvalue weighted by Gasteiger charge is 2.18. The van der Waals surface area contributed by atoms with Crippen LogP contribution >= 0.6 is 23.2 Å². The Kier molecular flexibility index (Phi) is 5.77. The van der Waals surface area contributed by atoms with Gasteiger partial charge in [0.2, 0.25) is 5.75 Å². The molecule has 0 amide bonds. The summed E-state index contributed by atoms with van der Waals surface area (Å²) >= 11 is 12.4. The second-order valence-corrected chi connectivity index (χ2v) is 7.08. The fraction of sp³-hybridized carbons (Fsp3) is 0.263. The highest BCUT2D eigenvalue weighted by molar-refractivity contribution is 6.39. The first kappa shape index (κ1) is 19.3. The molecule has 0 saturated heterocycles. The van der Waals surface area contributed by atoms with Crippen LogP contribution in [0.5, 0.6) is 11.5 Å². The van der Waals surface area contributed by atoms with Crippen molar-refractivity contribution < 1.29 is 13.9 Å². The van der Waals surface area contributed by atoms with E-state index in [1.165, 1.54) is 25.6 Å². The molecule has 3 rings (SSSR count). The number of halogens is 2. The molecule has 2 aromatic heterocycles. The van der Waals surface area contributed by atoms with E-state index in [9.17, 15) is 4.79 Å². The smallest absolute Gasteiger partial charge is 0.338 e. The standard InChI is InChI=1S/C19H18Cl2N2O4/c1-10(2)9-26-19-15(25-3)5-4-11-14(6-16(24)27-18(11)19)23-17-12(20)7-22-8-13(17)21/h4-8,10H,9H2,1-3H3,(H,22,23). The summed E-state index contributed by atoms with van der Waals surface area (Å²) in [4.78, 5) is 16.1. The number of nitrogens with zero attached hydrogens (tertiary/aromatic N) is 1. The van der Waals surface area contributed by atoms with Crippen molar-refractivity contribution in [1.82, 2.24) is 4.98 Å². The van der Waals surface area contributed by atoms with Crippen LogP contribution in [0.2, 0.25) is 10.0 Å². The van der Waals surface area contributed by atoms with E-state index in [0.29, 0.717) is 44.9 Å². The van der Waals surface area contributed by atoms with Crippen LogP contribution in [0.1, 0.15) is 13.8 Å². The van der Waals surface area contributed by atoms with Gasteiger partial charge in [0.05, 0.1) is 35.1 Å². The number of benzene rings is 1. The first-order valence-corrected chi connectivity index (χ1v) is 9.00. The monoisotopic (exact) mass is 408 g/mol. The average Bonchev–Trinajstić information content (AvgIpc) is 2.62. The zero-order valence-electron chi connectivity index (χ0n) is 15.0. The van der Waals surface area contributed by atoms with Crippen LogP contribution in [0.25, 0.3) is 11.0 Å². The third-order valence-electron chi connectivity index (χ3n) is 3.73. The quantitative estimate of drug-likeness (QED) is 0.559. The average molecular weight is 409 g/mol. The lowest BCUT2D eigenvalue weighted by Crippen LogP contribution is -2.08. The molecule has 0 aliphatic carbocycles. The van der Waals surface area contributed by atoms with Gasteiger partial charge in [-0.25, -0.2) is 4.79 Å². The summed E-state index contributed by atoms with van der Waals surface area (Å²) in [5, 5.41) is 4.37. The van der Waals surface area contributed by atoms with Crippen LogP contribution in [0.15, 0.2) is 39.8 Å². The fourth-order valence-electron chi connectivity index (χ4n) is 2.50. The van der Waals surface area contributed by atoms with E-state index in [2.05, 4.69) is 10.3 Å². The van der Waals surface area contributed by atoms with E-state index in [0.717, 1.165) is 0 Å². The maximum atomic E-state index is 12.2. The Labute approximate surface area is 166 Å². The minimum Gasteiger partial charge on any atom is -0.493 e. The molecule has 1 N–H and O–H groups in total. The lowest BCUT2D eigenvalue weighted by Gasteiger charge is -2.16. The van der Waals surface area contributed by atoms with E-state index >= 15 is 0 Å². The normalized spacial score (nSPS) is 11.0. The van der Waals surface area contributed by atoms with Gasteiger partial charge in [-0.15, -0.1) is 0 Å². The van der Waals surface area contributed by atoms with Crippen molar-refractivity contribution in [1.29, 1.82) is 0 Å². The highest BCUT2D eigenvalue weighted by atomic mass is 35.5. The van der Waals surface area contributed by atoms with Crippen molar-refractivity contribution in [3.05, 3.63) is 51.1 Å². The molecule has 8 heteroatoms. The van der Waals surface area contributed by atoms with Gasteiger partial charge in [0.15, 0.2) is 11.3 Å². The maximum absolute atomic E-state index is 12.2. The summed E-state index contributed by atoms with van der Waals surface area (Å²) in [6.07, 6.45) is 2.92. The summed E-state index contributed by atoms with van der Waals surface area (Å²) in [7, 11) is 1.53. The molecule has 0 bridgehead atoms. The molecule has 0 unspecified atom stereocenters. The van der Waals surface area contributed by atoms with Crippen LogP contribution in [-0.2, 0) is 0 Å². The van der Waals surface area contributed by atoms with Crippen LogP contribution in [0.4, 0.5) is 11.4 Å². The molecular weight excluding hydrogens is 391 g/mol. The zero-order valence-corrected chi connectivity index (χ0v) is 16.5.